The molecule has 1 aromatic carbocycles. The van der Waals surface area contributed by atoms with E-state index in [-0.39, 0.29) is 45.0 Å². The number of benzene rings is 1. The van der Waals surface area contributed by atoms with Crippen molar-refractivity contribution in [3.63, 3.8) is 0 Å². The van der Waals surface area contributed by atoms with Crippen molar-refractivity contribution < 1.29 is 17.9 Å². The normalized spacial score (nSPS) is 11.2. The topological polar surface area (TPSA) is 140 Å². The van der Waals surface area contributed by atoms with Crippen LogP contribution in [-0.4, -0.2) is 23.7 Å². The lowest BCUT2D eigenvalue weighted by Gasteiger charge is -2.13. The van der Waals surface area contributed by atoms with Crippen molar-refractivity contribution in [3.8, 4) is 23.0 Å². The number of hydrogen-bond acceptors (Lipinski definition) is 8. The Bertz CT molecular complexity index is 1200. The van der Waals surface area contributed by atoms with Gasteiger partial charge in [-0.25, -0.2) is 13.4 Å². The molecule has 0 spiro atoms. The molecule has 0 saturated heterocycles. The molecule has 0 amide bonds. The van der Waals surface area contributed by atoms with E-state index in [2.05, 4.69) is 4.98 Å². The molecule has 0 bridgehead atoms. The van der Waals surface area contributed by atoms with E-state index in [1.165, 1.54) is 41.1 Å². The zero-order chi connectivity index (χ0) is 21.2. The summed E-state index contributed by atoms with van der Waals surface area (Å²) < 4.78 is 36.4. The quantitative estimate of drug-likeness (QED) is 0.584. The highest BCUT2D eigenvalue weighted by atomic mass is 32.2. The minimum atomic E-state index is -3.40. The SMILES string of the molecule is CCS(=O)(=O)c1ccc(Oc2cc(N)c(N)c(Oc3cccn(C)c3=O)c2)cn1. The van der Waals surface area contributed by atoms with Crippen LogP contribution < -0.4 is 26.5 Å². The molecule has 4 N–H and O–H groups in total. The van der Waals surface area contributed by atoms with Gasteiger partial charge in [0.25, 0.3) is 5.56 Å². The summed E-state index contributed by atoms with van der Waals surface area (Å²) in [6.07, 6.45) is 2.89. The van der Waals surface area contributed by atoms with E-state index in [9.17, 15) is 13.2 Å². The van der Waals surface area contributed by atoms with Gasteiger partial charge in [0, 0.05) is 25.4 Å². The maximum Gasteiger partial charge on any atom is 0.293 e. The molecule has 0 radical (unpaired) electrons. The van der Waals surface area contributed by atoms with Crippen molar-refractivity contribution in [1.29, 1.82) is 0 Å². The fraction of sp³-hybridized carbons (Fsp3) is 0.158. The van der Waals surface area contributed by atoms with Gasteiger partial charge in [-0.3, -0.25) is 4.79 Å². The Morgan fingerprint density at radius 2 is 1.83 bits per heavy atom. The lowest BCUT2D eigenvalue weighted by Crippen LogP contribution is -2.16. The van der Waals surface area contributed by atoms with Gasteiger partial charge in [-0.1, -0.05) is 6.92 Å². The van der Waals surface area contributed by atoms with Gasteiger partial charge in [-0.05, 0) is 24.3 Å². The summed E-state index contributed by atoms with van der Waals surface area (Å²) in [5.41, 5.74) is 11.9. The zero-order valence-corrected chi connectivity index (χ0v) is 16.6. The van der Waals surface area contributed by atoms with Crippen molar-refractivity contribution in [1.82, 2.24) is 9.55 Å². The molecular formula is C19H20N4O5S. The number of nitrogens with two attached hydrogens (primary N) is 2. The van der Waals surface area contributed by atoms with E-state index >= 15 is 0 Å². The monoisotopic (exact) mass is 416 g/mol. The Kier molecular flexibility index (Phi) is 5.46. The van der Waals surface area contributed by atoms with Gasteiger partial charge in [0.15, 0.2) is 26.4 Å². The van der Waals surface area contributed by atoms with E-state index in [1.54, 1.807) is 26.2 Å². The second kappa shape index (κ2) is 7.84. The van der Waals surface area contributed by atoms with Crippen LogP contribution in [0.15, 0.2) is 58.6 Å². The molecule has 0 fully saturated rings. The number of ether oxygens (including phenoxy) is 2. The van der Waals surface area contributed by atoms with Gasteiger partial charge in [-0.2, -0.15) is 0 Å². The highest BCUT2D eigenvalue weighted by Gasteiger charge is 2.15. The van der Waals surface area contributed by atoms with Crippen LogP contribution in [0.5, 0.6) is 23.0 Å². The molecule has 0 aliphatic carbocycles. The summed E-state index contributed by atoms with van der Waals surface area (Å²) in [6.45, 7) is 1.54. The average molecular weight is 416 g/mol. The predicted molar refractivity (Wildman–Crippen MR) is 109 cm³/mol. The van der Waals surface area contributed by atoms with E-state index in [0.717, 1.165) is 0 Å². The summed E-state index contributed by atoms with van der Waals surface area (Å²) in [4.78, 5) is 16.1. The molecule has 0 aliphatic rings. The molecule has 2 heterocycles. The Hall–Kier alpha value is -3.53. The Morgan fingerprint density at radius 1 is 1.07 bits per heavy atom. The minimum absolute atomic E-state index is 0.0342. The van der Waals surface area contributed by atoms with Crippen LogP contribution in [0.2, 0.25) is 0 Å². The van der Waals surface area contributed by atoms with E-state index in [1.807, 2.05) is 0 Å². The first kappa shape index (κ1) is 20.2. The number of nitrogens with zero attached hydrogens (tertiary/aromatic N) is 2. The Balaban J connectivity index is 1.89. The third kappa shape index (κ3) is 4.32. The fourth-order valence-electron chi connectivity index (χ4n) is 2.43. The Morgan fingerprint density at radius 3 is 2.48 bits per heavy atom. The number of pyridine rings is 2. The fourth-order valence-corrected chi connectivity index (χ4v) is 3.21. The number of aromatic nitrogens is 2. The van der Waals surface area contributed by atoms with E-state index in [0.29, 0.717) is 5.75 Å². The second-order valence-corrected chi connectivity index (χ2v) is 8.38. The lowest BCUT2D eigenvalue weighted by atomic mass is 10.2. The molecule has 0 saturated carbocycles. The summed E-state index contributed by atoms with van der Waals surface area (Å²) in [6, 6.07) is 8.99. The highest BCUT2D eigenvalue weighted by Crippen LogP contribution is 2.37. The second-order valence-electron chi connectivity index (χ2n) is 6.15. The Labute approximate surface area is 167 Å². The largest absolute Gasteiger partial charge is 0.456 e. The first-order valence-electron chi connectivity index (χ1n) is 8.60. The number of anilines is 2. The van der Waals surface area contributed by atoms with Crippen LogP contribution in [0.3, 0.4) is 0 Å². The van der Waals surface area contributed by atoms with E-state index < -0.39 is 9.84 Å². The van der Waals surface area contributed by atoms with Crippen molar-refractivity contribution in [3.05, 3.63) is 59.1 Å². The molecular weight excluding hydrogens is 396 g/mol. The smallest absolute Gasteiger partial charge is 0.293 e. The summed E-state index contributed by atoms with van der Waals surface area (Å²) in [5.74, 6) is 0.766. The minimum Gasteiger partial charge on any atom is -0.456 e. The van der Waals surface area contributed by atoms with Crippen LogP contribution in [0.4, 0.5) is 11.4 Å². The standard InChI is InChI=1S/C19H20N4O5S/c1-3-29(25,26)17-7-6-12(11-22-17)27-13-9-14(20)18(21)16(10-13)28-15-5-4-8-23(2)19(15)24/h4-11H,3,20-21H2,1-2H3. The average Bonchev–Trinajstić information content (AvgIpc) is 2.69. The van der Waals surface area contributed by atoms with Crippen molar-refractivity contribution >= 4 is 21.2 Å². The third-order valence-corrected chi connectivity index (χ3v) is 5.74. The first-order chi connectivity index (χ1) is 13.7. The number of aryl methyl sites for hydroxylation is 1. The molecule has 2 aromatic heterocycles. The van der Waals surface area contributed by atoms with Gasteiger partial charge in [0.2, 0.25) is 0 Å². The maximum absolute atomic E-state index is 12.2. The molecule has 3 rings (SSSR count). The molecule has 152 valence electrons. The zero-order valence-electron chi connectivity index (χ0n) is 15.8. The maximum atomic E-state index is 12.2. The van der Waals surface area contributed by atoms with Crippen LogP contribution in [-0.2, 0) is 16.9 Å². The first-order valence-corrected chi connectivity index (χ1v) is 10.3. The third-order valence-electron chi connectivity index (χ3n) is 4.10. The number of rotatable bonds is 6. The molecule has 29 heavy (non-hydrogen) atoms. The van der Waals surface area contributed by atoms with Crippen LogP contribution >= 0.6 is 0 Å². The number of nitrogen functional groups attached to an aromatic ring is 2. The molecule has 10 heteroatoms. The summed E-state index contributed by atoms with van der Waals surface area (Å²) >= 11 is 0. The van der Waals surface area contributed by atoms with Crippen LogP contribution in [0.25, 0.3) is 0 Å². The van der Waals surface area contributed by atoms with Crippen molar-refractivity contribution in [2.45, 2.75) is 11.9 Å². The number of hydrogen-bond donors (Lipinski definition) is 2. The van der Waals surface area contributed by atoms with Gasteiger partial charge < -0.3 is 25.5 Å². The summed E-state index contributed by atoms with van der Waals surface area (Å²) in [7, 11) is -1.80. The van der Waals surface area contributed by atoms with Gasteiger partial charge >= 0.3 is 0 Å². The van der Waals surface area contributed by atoms with Gasteiger partial charge in [-0.15, -0.1) is 0 Å². The van der Waals surface area contributed by atoms with Crippen LogP contribution in [0, 0.1) is 0 Å². The predicted octanol–water partition coefficient (Wildman–Crippen LogP) is 2.32. The molecule has 0 atom stereocenters. The molecule has 0 aliphatic heterocycles. The highest BCUT2D eigenvalue weighted by molar-refractivity contribution is 7.91. The lowest BCUT2D eigenvalue weighted by molar-refractivity contribution is 0.454. The number of sulfone groups is 1. The van der Waals surface area contributed by atoms with Crippen molar-refractivity contribution in [2.24, 2.45) is 7.05 Å². The molecule has 9 nitrogen and oxygen atoms in total. The molecule has 0 unspecified atom stereocenters. The molecule has 3 aromatic rings. The van der Waals surface area contributed by atoms with Crippen molar-refractivity contribution in [2.75, 3.05) is 17.2 Å². The van der Waals surface area contributed by atoms with E-state index in [4.69, 9.17) is 20.9 Å². The van der Waals surface area contributed by atoms with Gasteiger partial charge in [0.05, 0.1) is 23.3 Å². The van der Waals surface area contributed by atoms with Crippen LogP contribution in [0.1, 0.15) is 6.92 Å². The van der Waals surface area contributed by atoms with Gasteiger partial charge in [0.1, 0.15) is 11.5 Å². The summed E-state index contributed by atoms with van der Waals surface area (Å²) in [5, 5.41) is -0.0342.